The van der Waals surface area contributed by atoms with Crippen LogP contribution in [0.3, 0.4) is 0 Å². The van der Waals surface area contributed by atoms with Gasteiger partial charge in [-0.1, -0.05) is 0 Å². The highest BCUT2D eigenvalue weighted by Crippen LogP contribution is 2.71. The summed E-state index contributed by atoms with van der Waals surface area (Å²) in [6.45, 7) is 2.17. The maximum absolute atomic E-state index is 12.7. The van der Waals surface area contributed by atoms with Crippen molar-refractivity contribution < 1.29 is 29.0 Å². The van der Waals surface area contributed by atoms with E-state index in [1.807, 2.05) is 6.08 Å². The minimum atomic E-state index is -0.977. The lowest BCUT2D eigenvalue weighted by atomic mass is 9.61. The molecule has 0 aromatic rings. The van der Waals surface area contributed by atoms with Crippen LogP contribution in [0.2, 0.25) is 0 Å². The number of aliphatic hydroxyl groups is 1. The van der Waals surface area contributed by atoms with Crippen molar-refractivity contribution in [3.63, 3.8) is 0 Å². The SMILES string of the molecule is O=C(O)/C=C1/C[C@H]2[C@@H]3C4=CC(=O)O[C@@]45C[C@@H]([C@@H]3[N@@+]34CCC[C@@H]3[C@]1(O)C[C@@H]24)N1CCC[C@@H]15. The number of ether oxygens (including phenoxy) is 1. The lowest BCUT2D eigenvalue weighted by Crippen LogP contribution is -2.66. The number of carboxylic acid groups (broad SMARTS) is 1. The average molecular weight is 426 g/mol. The van der Waals surface area contributed by atoms with Crippen molar-refractivity contribution >= 4 is 11.9 Å². The first-order valence-corrected chi connectivity index (χ1v) is 12.1. The first-order chi connectivity index (χ1) is 14.9. The van der Waals surface area contributed by atoms with Gasteiger partial charge in [-0.25, -0.2) is 9.59 Å². The van der Waals surface area contributed by atoms with Gasteiger partial charge < -0.3 is 19.4 Å². The van der Waals surface area contributed by atoms with E-state index in [-0.39, 0.29) is 17.9 Å². The molecular weight excluding hydrogens is 396 g/mol. The molecule has 7 nitrogen and oxygen atoms in total. The van der Waals surface area contributed by atoms with Gasteiger partial charge >= 0.3 is 11.9 Å². The van der Waals surface area contributed by atoms with Crippen LogP contribution in [-0.4, -0.2) is 86.0 Å². The first kappa shape index (κ1) is 17.8. The highest BCUT2D eigenvalue weighted by atomic mass is 16.6. The molecular formula is C24H29N2O5+. The average Bonchev–Trinajstić information content (AvgIpc) is 3.49. The van der Waals surface area contributed by atoms with Crippen molar-refractivity contribution in [2.45, 2.75) is 86.4 Å². The highest BCUT2D eigenvalue weighted by molar-refractivity contribution is 5.88. The Morgan fingerprint density at radius 2 is 2.16 bits per heavy atom. The maximum atomic E-state index is 12.7. The van der Waals surface area contributed by atoms with Crippen LogP contribution in [-0.2, 0) is 14.3 Å². The molecule has 0 aromatic carbocycles. The molecule has 2 spiro atoms. The molecule has 7 aliphatic heterocycles. The van der Waals surface area contributed by atoms with E-state index < -0.39 is 17.2 Å². The number of carbonyl (C=O) groups is 2. The van der Waals surface area contributed by atoms with Crippen LogP contribution in [0.1, 0.15) is 44.9 Å². The third-order valence-corrected chi connectivity index (χ3v) is 11.0. The van der Waals surface area contributed by atoms with Gasteiger partial charge in [0.1, 0.15) is 17.7 Å². The van der Waals surface area contributed by atoms with Crippen LogP contribution in [0.15, 0.2) is 23.3 Å². The molecule has 164 valence electrons. The summed E-state index contributed by atoms with van der Waals surface area (Å²) < 4.78 is 7.15. The molecule has 8 rings (SSSR count). The van der Waals surface area contributed by atoms with E-state index in [9.17, 15) is 19.8 Å². The predicted octanol–water partition coefficient (Wildman–Crippen LogP) is 0.971. The normalized spacial score (nSPS) is 58.7. The summed E-state index contributed by atoms with van der Waals surface area (Å²) in [6, 6.07) is 1.57. The van der Waals surface area contributed by atoms with Crippen molar-refractivity contribution in [3.05, 3.63) is 23.3 Å². The summed E-state index contributed by atoms with van der Waals surface area (Å²) in [5.41, 5.74) is 0.530. The molecule has 7 heterocycles. The highest BCUT2D eigenvalue weighted by Gasteiger charge is 2.83. The number of quaternary nitrogens is 1. The standard InChI is InChI=1S/C24H28N2O5/c27-19(28)8-12-7-13-16-11-23(12,30)18-4-2-6-26(16,18)22-15-10-24(17-3-1-5-25(15)17)14(21(13)22)9-20(29)31-24/h8-9,13,15-18,21-22,30H,1-7,10-11H2/p+1/b12-8-/t13-,15+,16+,17-,18-,21-,22+,23+,24+,26-/m1/s1. The zero-order valence-corrected chi connectivity index (χ0v) is 17.6. The molecule has 2 N–H and O–H groups in total. The lowest BCUT2D eigenvalue weighted by molar-refractivity contribution is -0.966. The number of nitrogens with zero attached hydrogens (tertiary/aromatic N) is 2. The van der Waals surface area contributed by atoms with Gasteiger partial charge in [0.25, 0.3) is 0 Å². The van der Waals surface area contributed by atoms with Gasteiger partial charge in [-0.3, -0.25) is 4.90 Å². The summed E-state index contributed by atoms with van der Waals surface area (Å²) in [4.78, 5) is 27.0. The van der Waals surface area contributed by atoms with Crippen molar-refractivity contribution in [2.75, 3.05) is 13.1 Å². The van der Waals surface area contributed by atoms with Crippen molar-refractivity contribution in [1.29, 1.82) is 0 Å². The molecule has 4 bridgehead atoms. The minimum absolute atomic E-state index is 0.0934. The van der Waals surface area contributed by atoms with Gasteiger partial charge in [-0.15, -0.1) is 0 Å². The van der Waals surface area contributed by atoms with Crippen LogP contribution < -0.4 is 0 Å². The Labute approximate surface area is 180 Å². The van der Waals surface area contributed by atoms with E-state index in [0.29, 0.717) is 42.9 Å². The monoisotopic (exact) mass is 425 g/mol. The topological polar surface area (TPSA) is 87.1 Å². The molecule has 7 heteroatoms. The molecule has 0 aromatic heterocycles. The van der Waals surface area contributed by atoms with E-state index in [1.165, 1.54) is 11.6 Å². The minimum Gasteiger partial charge on any atom is -0.478 e. The lowest BCUT2D eigenvalue weighted by Gasteiger charge is -2.50. The molecule has 1 saturated carbocycles. The van der Waals surface area contributed by atoms with Crippen LogP contribution in [0.5, 0.6) is 0 Å². The Balaban J connectivity index is 1.37. The fourth-order valence-corrected chi connectivity index (χ4v) is 10.7. The fraction of sp³-hybridized carbons (Fsp3) is 0.750. The summed E-state index contributed by atoms with van der Waals surface area (Å²) >= 11 is 0. The van der Waals surface area contributed by atoms with E-state index >= 15 is 0 Å². The molecule has 0 unspecified atom stereocenters. The van der Waals surface area contributed by atoms with Crippen molar-refractivity contribution in [1.82, 2.24) is 4.90 Å². The Morgan fingerprint density at radius 1 is 1.29 bits per heavy atom. The molecule has 1 aliphatic carbocycles. The van der Waals surface area contributed by atoms with E-state index in [1.54, 1.807) is 0 Å². The molecule has 31 heavy (non-hydrogen) atoms. The molecule has 0 amide bonds. The zero-order valence-electron chi connectivity index (χ0n) is 17.6. The number of aliphatic carboxylic acids is 1. The number of rotatable bonds is 1. The van der Waals surface area contributed by atoms with Crippen LogP contribution in [0.25, 0.3) is 0 Å². The number of hydrogen-bond donors (Lipinski definition) is 2. The van der Waals surface area contributed by atoms with Crippen molar-refractivity contribution in [3.8, 4) is 0 Å². The van der Waals surface area contributed by atoms with E-state index in [0.717, 1.165) is 55.2 Å². The Bertz CT molecular complexity index is 1020. The number of fused-ring (bicyclic) bond motifs is 6. The quantitative estimate of drug-likeness (QED) is 0.370. The van der Waals surface area contributed by atoms with Gasteiger partial charge in [0.05, 0.1) is 24.7 Å². The van der Waals surface area contributed by atoms with Gasteiger partial charge in [-0.05, 0) is 37.0 Å². The molecule has 10 atom stereocenters. The van der Waals surface area contributed by atoms with Crippen LogP contribution in [0, 0.1) is 11.8 Å². The largest absolute Gasteiger partial charge is 0.478 e. The fourth-order valence-electron chi connectivity index (χ4n) is 10.7. The number of esters is 1. The van der Waals surface area contributed by atoms with Gasteiger partial charge in [0.15, 0.2) is 5.60 Å². The maximum Gasteiger partial charge on any atom is 0.331 e. The van der Waals surface area contributed by atoms with E-state index in [4.69, 9.17) is 4.74 Å². The summed E-state index contributed by atoms with van der Waals surface area (Å²) in [5, 5.41) is 21.5. The Hall–Kier alpha value is -1.70. The summed E-state index contributed by atoms with van der Waals surface area (Å²) in [5.74, 6) is -0.577. The zero-order chi connectivity index (χ0) is 20.9. The van der Waals surface area contributed by atoms with E-state index in [2.05, 4.69) is 4.90 Å². The van der Waals surface area contributed by atoms with Gasteiger partial charge in [-0.2, -0.15) is 0 Å². The summed E-state index contributed by atoms with van der Waals surface area (Å²) in [6.07, 6.45) is 9.68. The summed E-state index contributed by atoms with van der Waals surface area (Å²) in [7, 11) is 0. The van der Waals surface area contributed by atoms with Crippen LogP contribution >= 0.6 is 0 Å². The Morgan fingerprint density at radius 3 is 3.00 bits per heavy atom. The molecule has 8 aliphatic rings. The van der Waals surface area contributed by atoms with Crippen molar-refractivity contribution in [2.24, 2.45) is 11.8 Å². The third kappa shape index (κ3) is 1.67. The number of hydrogen-bond acceptors (Lipinski definition) is 5. The smallest absolute Gasteiger partial charge is 0.331 e. The Kier molecular flexibility index (Phi) is 2.93. The molecule has 0 radical (unpaired) electrons. The number of carboxylic acids is 1. The second-order valence-electron chi connectivity index (χ2n) is 11.5. The third-order valence-electron chi connectivity index (χ3n) is 11.0. The molecule has 7 fully saturated rings. The number of carbonyl (C=O) groups excluding carboxylic acids is 1. The first-order valence-electron chi connectivity index (χ1n) is 12.1. The second kappa shape index (κ2) is 5.10. The van der Waals surface area contributed by atoms with Crippen LogP contribution in [0.4, 0.5) is 0 Å². The predicted molar refractivity (Wildman–Crippen MR) is 108 cm³/mol. The van der Waals surface area contributed by atoms with Gasteiger partial charge in [0, 0.05) is 49.7 Å². The van der Waals surface area contributed by atoms with Gasteiger partial charge in [0.2, 0.25) is 0 Å². The second-order valence-corrected chi connectivity index (χ2v) is 11.5. The molecule has 6 saturated heterocycles.